The monoisotopic (exact) mass is 385 g/mol. The lowest BCUT2D eigenvalue weighted by atomic mass is 10.0. The molecule has 0 aliphatic heterocycles. The molecule has 142 valence electrons. The summed E-state index contributed by atoms with van der Waals surface area (Å²) in [6, 6.07) is 16.2. The van der Waals surface area contributed by atoms with Crippen molar-refractivity contribution in [2.45, 2.75) is 29.9 Å². The number of hydrogen-bond acceptors (Lipinski definition) is 5. The molecular formula is C21H23NO4S. The zero-order chi connectivity index (χ0) is 19.7. The van der Waals surface area contributed by atoms with Gasteiger partial charge >= 0.3 is 0 Å². The Morgan fingerprint density at radius 1 is 1.11 bits per heavy atom. The van der Waals surface area contributed by atoms with Gasteiger partial charge in [-0.2, -0.15) is 5.26 Å². The molecule has 0 aromatic heterocycles. The molecule has 0 bridgehead atoms. The fourth-order valence-electron chi connectivity index (χ4n) is 3.63. The van der Waals surface area contributed by atoms with Crippen LogP contribution in [-0.2, 0) is 14.6 Å². The van der Waals surface area contributed by atoms with E-state index in [-0.39, 0.29) is 11.5 Å². The standard InChI is InChI=1S/C21H23NO4S/c1-4-26-14-21(13-22)19(16-7-9-17(25-3)10-8-16)20(21)27(23,24)18-11-5-15(2)6-12-18/h5-12,19-20H,4,14H2,1-3H3/t19-,20-,21+/m0/s1. The van der Waals surface area contributed by atoms with E-state index in [1.54, 1.807) is 43.5 Å². The summed E-state index contributed by atoms with van der Waals surface area (Å²) in [4.78, 5) is 0.241. The van der Waals surface area contributed by atoms with Crippen molar-refractivity contribution in [3.05, 3.63) is 59.7 Å². The van der Waals surface area contributed by atoms with E-state index >= 15 is 0 Å². The molecule has 2 aromatic rings. The van der Waals surface area contributed by atoms with Gasteiger partial charge in [-0.3, -0.25) is 0 Å². The van der Waals surface area contributed by atoms with E-state index in [0.717, 1.165) is 11.1 Å². The lowest BCUT2D eigenvalue weighted by Gasteiger charge is -2.10. The summed E-state index contributed by atoms with van der Waals surface area (Å²) in [6.07, 6.45) is 0. The van der Waals surface area contributed by atoms with Gasteiger partial charge in [0.2, 0.25) is 0 Å². The van der Waals surface area contributed by atoms with Gasteiger partial charge in [0, 0.05) is 12.5 Å². The first-order valence-corrected chi connectivity index (χ1v) is 10.4. The molecule has 6 heteroatoms. The summed E-state index contributed by atoms with van der Waals surface area (Å²) in [5, 5.41) is 9.09. The van der Waals surface area contributed by atoms with Crippen molar-refractivity contribution in [2.75, 3.05) is 20.3 Å². The van der Waals surface area contributed by atoms with Crippen LogP contribution in [0.1, 0.15) is 24.0 Å². The largest absolute Gasteiger partial charge is 0.497 e. The second kappa shape index (κ2) is 7.34. The van der Waals surface area contributed by atoms with Crippen LogP contribution >= 0.6 is 0 Å². The quantitative estimate of drug-likeness (QED) is 0.729. The minimum atomic E-state index is -3.68. The number of rotatable bonds is 7. The maximum absolute atomic E-state index is 13.3. The highest BCUT2D eigenvalue weighted by atomic mass is 32.2. The Hall–Kier alpha value is -2.36. The van der Waals surface area contributed by atoms with E-state index < -0.39 is 26.4 Å². The average molecular weight is 385 g/mol. The molecule has 1 aliphatic carbocycles. The summed E-state index contributed by atoms with van der Waals surface area (Å²) < 4.78 is 37.3. The predicted octanol–water partition coefficient (Wildman–Crippen LogP) is 3.49. The lowest BCUT2D eigenvalue weighted by Crippen LogP contribution is -2.19. The Kier molecular flexibility index (Phi) is 5.27. The van der Waals surface area contributed by atoms with Crippen molar-refractivity contribution in [1.29, 1.82) is 5.26 Å². The zero-order valence-electron chi connectivity index (χ0n) is 15.7. The van der Waals surface area contributed by atoms with Gasteiger partial charge in [0.05, 0.1) is 29.9 Å². The summed E-state index contributed by atoms with van der Waals surface area (Å²) in [6.45, 7) is 4.25. The number of aryl methyl sites for hydroxylation is 1. The number of nitriles is 1. The molecule has 27 heavy (non-hydrogen) atoms. The Bertz CT molecular complexity index is 945. The molecule has 0 radical (unpaired) electrons. The maximum Gasteiger partial charge on any atom is 0.183 e. The fourth-order valence-corrected chi connectivity index (χ4v) is 5.94. The molecule has 0 unspecified atom stereocenters. The van der Waals surface area contributed by atoms with E-state index in [1.807, 2.05) is 26.0 Å². The van der Waals surface area contributed by atoms with Gasteiger partial charge in [-0.25, -0.2) is 8.42 Å². The van der Waals surface area contributed by atoms with Crippen molar-refractivity contribution in [3.63, 3.8) is 0 Å². The van der Waals surface area contributed by atoms with Gasteiger partial charge in [0.25, 0.3) is 0 Å². The summed E-state index contributed by atoms with van der Waals surface area (Å²) in [5.74, 6) is 0.246. The van der Waals surface area contributed by atoms with Crippen LogP contribution < -0.4 is 4.74 Å². The van der Waals surface area contributed by atoms with E-state index in [4.69, 9.17) is 9.47 Å². The second-order valence-electron chi connectivity index (χ2n) is 6.82. The molecule has 0 spiro atoms. The number of hydrogen-bond donors (Lipinski definition) is 0. The smallest absolute Gasteiger partial charge is 0.183 e. The highest BCUT2D eigenvalue weighted by molar-refractivity contribution is 7.92. The van der Waals surface area contributed by atoms with E-state index in [2.05, 4.69) is 6.07 Å². The molecule has 3 rings (SSSR count). The van der Waals surface area contributed by atoms with Crippen molar-refractivity contribution in [3.8, 4) is 11.8 Å². The first kappa shape index (κ1) is 19.4. The average Bonchev–Trinajstić information content (AvgIpc) is 3.37. The predicted molar refractivity (Wildman–Crippen MR) is 102 cm³/mol. The van der Waals surface area contributed by atoms with Crippen LogP contribution in [0.15, 0.2) is 53.4 Å². The van der Waals surface area contributed by atoms with Gasteiger partial charge in [0.15, 0.2) is 9.84 Å². The molecule has 0 heterocycles. The lowest BCUT2D eigenvalue weighted by molar-refractivity contribution is 0.117. The Labute approximate surface area is 160 Å². The van der Waals surface area contributed by atoms with E-state index in [9.17, 15) is 13.7 Å². The molecule has 1 saturated carbocycles. The highest BCUT2D eigenvalue weighted by Crippen LogP contribution is 2.64. The molecular weight excluding hydrogens is 362 g/mol. The SMILES string of the molecule is CCOC[C@]1(C#N)[C@@H](c2ccc(OC)cc2)[C@@H]1S(=O)(=O)c1ccc(C)cc1. The summed E-state index contributed by atoms with van der Waals surface area (Å²) >= 11 is 0. The van der Waals surface area contributed by atoms with Gasteiger partial charge in [0.1, 0.15) is 11.2 Å². The Balaban J connectivity index is 2.04. The number of benzene rings is 2. The van der Waals surface area contributed by atoms with Crippen LogP contribution in [0.5, 0.6) is 5.75 Å². The summed E-state index contributed by atoms with van der Waals surface area (Å²) in [7, 11) is -2.10. The van der Waals surface area contributed by atoms with Gasteiger partial charge in [-0.05, 0) is 43.7 Å². The molecule has 1 aliphatic rings. The highest BCUT2D eigenvalue weighted by Gasteiger charge is 2.72. The molecule has 0 N–H and O–H groups in total. The third-order valence-electron chi connectivity index (χ3n) is 5.17. The zero-order valence-corrected chi connectivity index (χ0v) is 16.5. The normalized spacial score (nSPS) is 24.2. The topological polar surface area (TPSA) is 76.4 Å². The van der Waals surface area contributed by atoms with E-state index in [0.29, 0.717) is 12.4 Å². The van der Waals surface area contributed by atoms with Crippen LogP contribution in [0, 0.1) is 23.7 Å². The minimum absolute atomic E-state index is 0.0897. The number of methoxy groups -OCH3 is 1. The van der Waals surface area contributed by atoms with Crippen molar-refractivity contribution < 1.29 is 17.9 Å². The van der Waals surface area contributed by atoms with Gasteiger partial charge in [-0.1, -0.05) is 29.8 Å². The second-order valence-corrected chi connectivity index (χ2v) is 8.89. The van der Waals surface area contributed by atoms with Crippen LogP contribution in [0.4, 0.5) is 0 Å². The van der Waals surface area contributed by atoms with Crippen molar-refractivity contribution >= 4 is 9.84 Å². The summed E-state index contributed by atoms with van der Waals surface area (Å²) in [5.41, 5.74) is 0.698. The molecule has 0 saturated heterocycles. The molecule has 1 fully saturated rings. The maximum atomic E-state index is 13.3. The van der Waals surface area contributed by atoms with Gasteiger partial charge < -0.3 is 9.47 Å². The van der Waals surface area contributed by atoms with Crippen molar-refractivity contribution in [1.82, 2.24) is 0 Å². The number of ether oxygens (including phenoxy) is 2. The molecule has 5 nitrogen and oxygen atoms in total. The van der Waals surface area contributed by atoms with Crippen LogP contribution in [0.3, 0.4) is 0 Å². The third kappa shape index (κ3) is 3.33. The van der Waals surface area contributed by atoms with Crippen LogP contribution in [0.2, 0.25) is 0 Å². The minimum Gasteiger partial charge on any atom is -0.497 e. The Morgan fingerprint density at radius 3 is 2.26 bits per heavy atom. The third-order valence-corrected chi connectivity index (χ3v) is 7.46. The number of sulfone groups is 1. The fraction of sp³-hybridized carbons (Fsp3) is 0.381. The van der Waals surface area contributed by atoms with Crippen LogP contribution in [0.25, 0.3) is 0 Å². The van der Waals surface area contributed by atoms with Crippen molar-refractivity contribution in [2.24, 2.45) is 5.41 Å². The molecule has 2 aromatic carbocycles. The van der Waals surface area contributed by atoms with Gasteiger partial charge in [-0.15, -0.1) is 0 Å². The molecule has 0 amide bonds. The first-order valence-electron chi connectivity index (χ1n) is 8.84. The Morgan fingerprint density at radius 2 is 1.74 bits per heavy atom. The molecule has 3 atom stereocenters. The van der Waals surface area contributed by atoms with E-state index in [1.165, 1.54) is 0 Å². The number of nitrogens with zero attached hydrogens (tertiary/aromatic N) is 1. The first-order chi connectivity index (χ1) is 12.9. The van der Waals surface area contributed by atoms with Crippen LogP contribution in [-0.4, -0.2) is 34.0 Å².